The van der Waals surface area contributed by atoms with E-state index in [0.29, 0.717) is 6.54 Å². The van der Waals surface area contributed by atoms with Crippen LogP contribution in [-0.2, 0) is 6.54 Å². The lowest BCUT2D eigenvalue weighted by Crippen LogP contribution is -2.42. The van der Waals surface area contributed by atoms with Crippen LogP contribution in [0.5, 0.6) is 5.75 Å². The van der Waals surface area contributed by atoms with Crippen molar-refractivity contribution in [3.63, 3.8) is 0 Å². The predicted molar refractivity (Wildman–Crippen MR) is 66.1 cm³/mol. The van der Waals surface area contributed by atoms with Gasteiger partial charge < -0.3 is 15.5 Å². The minimum absolute atomic E-state index is 0.0343. The summed E-state index contributed by atoms with van der Waals surface area (Å²) in [7, 11) is 0. The number of aromatic hydroxyl groups is 1. The Labute approximate surface area is 105 Å². The highest BCUT2D eigenvalue weighted by atomic mass is 35.5. The summed E-state index contributed by atoms with van der Waals surface area (Å²) in [6.07, 6.45) is 0. The molecule has 0 aliphatic heterocycles. The van der Waals surface area contributed by atoms with Gasteiger partial charge in [0, 0.05) is 12.1 Å². The molecule has 0 saturated carbocycles. The standard InChI is InChI=1S/C11H15Cl2NO2/c1-11(2,6-15)14-5-7-3-8(12)10(16)9(13)4-7/h3-4,14-16H,5-6H2,1-2H3. The van der Waals surface area contributed by atoms with Gasteiger partial charge in [0.25, 0.3) is 0 Å². The van der Waals surface area contributed by atoms with Crippen molar-refractivity contribution in [2.24, 2.45) is 0 Å². The highest BCUT2D eigenvalue weighted by Crippen LogP contribution is 2.32. The molecule has 0 atom stereocenters. The summed E-state index contributed by atoms with van der Waals surface area (Å²) in [5, 5.41) is 22.1. The molecule has 0 bridgehead atoms. The summed E-state index contributed by atoms with van der Waals surface area (Å²) in [5.41, 5.74) is 0.492. The van der Waals surface area contributed by atoms with Gasteiger partial charge in [-0.15, -0.1) is 0 Å². The number of nitrogens with one attached hydrogen (secondary N) is 1. The number of aliphatic hydroxyl groups is 1. The van der Waals surface area contributed by atoms with E-state index >= 15 is 0 Å². The lowest BCUT2D eigenvalue weighted by atomic mass is 10.1. The van der Waals surface area contributed by atoms with Gasteiger partial charge in [0.05, 0.1) is 16.7 Å². The molecule has 16 heavy (non-hydrogen) atoms. The fourth-order valence-corrected chi connectivity index (χ4v) is 1.65. The summed E-state index contributed by atoms with van der Waals surface area (Å²) in [6, 6.07) is 3.28. The van der Waals surface area contributed by atoms with Gasteiger partial charge in [-0.1, -0.05) is 23.2 Å². The van der Waals surface area contributed by atoms with Crippen molar-refractivity contribution in [2.45, 2.75) is 25.9 Å². The van der Waals surface area contributed by atoms with Crippen LogP contribution in [-0.4, -0.2) is 22.4 Å². The van der Waals surface area contributed by atoms with Crippen molar-refractivity contribution in [1.82, 2.24) is 5.32 Å². The van der Waals surface area contributed by atoms with Crippen LogP contribution in [0.1, 0.15) is 19.4 Å². The number of hydrogen-bond acceptors (Lipinski definition) is 3. The average Bonchev–Trinajstić information content (AvgIpc) is 2.23. The second-order valence-electron chi connectivity index (χ2n) is 4.30. The molecule has 90 valence electrons. The summed E-state index contributed by atoms with van der Waals surface area (Å²) in [6.45, 7) is 4.33. The van der Waals surface area contributed by atoms with E-state index in [-0.39, 0.29) is 27.9 Å². The monoisotopic (exact) mass is 263 g/mol. The first-order chi connectivity index (χ1) is 7.35. The van der Waals surface area contributed by atoms with Crippen molar-refractivity contribution in [3.8, 4) is 5.75 Å². The molecule has 0 heterocycles. The fraction of sp³-hybridized carbons (Fsp3) is 0.455. The van der Waals surface area contributed by atoms with Gasteiger partial charge in [-0.25, -0.2) is 0 Å². The summed E-state index contributed by atoms with van der Waals surface area (Å²) in [4.78, 5) is 0. The van der Waals surface area contributed by atoms with Crippen LogP contribution in [0.15, 0.2) is 12.1 Å². The molecule has 0 aliphatic rings. The molecule has 0 aromatic heterocycles. The zero-order valence-electron chi connectivity index (χ0n) is 9.22. The van der Waals surface area contributed by atoms with Crippen LogP contribution in [0.3, 0.4) is 0 Å². The second kappa shape index (κ2) is 5.23. The van der Waals surface area contributed by atoms with E-state index in [0.717, 1.165) is 5.56 Å². The van der Waals surface area contributed by atoms with E-state index in [1.165, 1.54) is 0 Å². The molecular formula is C11H15Cl2NO2. The largest absolute Gasteiger partial charge is 0.505 e. The number of hydrogen-bond donors (Lipinski definition) is 3. The highest BCUT2D eigenvalue weighted by molar-refractivity contribution is 6.37. The fourth-order valence-electron chi connectivity index (χ4n) is 1.12. The molecule has 1 aromatic rings. The third-order valence-electron chi connectivity index (χ3n) is 2.24. The number of benzene rings is 1. The lowest BCUT2D eigenvalue weighted by Gasteiger charge is -2.23. The number of halogens is 2. The van der Waals surface area contributed by atoms with Crippen molar-refractivity contribution in [2.75, 3.05) is 6.61 Å². The van der Waals surface area contributed by atoms with Crippen LogP contribution in [0.25, 0.3) is 0 Å². The Kier molecular flexibility index (Phi) is 4.44. The van der Waals surface area contributed by atoms with E-state index in [2.05, 4.69) is 5.32 Å². The smallest absolute Gasteiger partial charge is 0.152 e. The Morgan fingerprint density at radius 3 is 2.19 bits per heavy atom. The molecule has 5 heteroatoms. The first kappa shape index (κ1) is 13.6. The number of rotatable bonds is 4. The zero-order valence-corrected chi connectivity index (χ0v) is 10.7. The molecule has 3 nitrogen and oxygen atoms in total. The molecule has 0 unspecified atom stereocenters. The van der Waals surface area contributed by atoms with Crippen LogP contribution >= 0.6 is 23.2 Å². The molecule has 0 saturated heterocycles. The topological polar surface area (TPSA) is 52.5 Å². The Bertz CT molecular complexity index is 357. The number of phenols is 1. The van der Waals surface area contributed by atoms with Crippen molar-refractivity contribution < 1.29 is 10.2 Å². The predicted octanol–water partition coefficient (Wildman–Crippen LogP) is 2.56. The van der Waals surface area contributed by atoms with Crippen LogP contribution in [0, 0.1) is 0 Å². The quantitative estimate of drug-likeness (QED) is 0.783. The van der Waals surface area contributed by atoms with Gasteiger partial charge in [-0.05, 0) is 31.5 Å². The van der Waals surface area contributed by atoms with Crippen LogP contribution < -0.4 is 5.32 Å². The van der Waals surface area contributed by atoms with E-state index in [1.54, 1.807) is 12.1 Å². The normalized spacial score (nSPS) is 11.8. The molecule has 0 amide bonds. The van der Waals surface area contributed by atoms with Crippen LogP contribution in [0.4, 0.5) is 0 Å². The average molecular weight is 264 g/mol. The minimum Gasteiger partial charge on any atom is -0.505 e. The Balaban J connectivity index is 2.76. The number of aliphatic hydroxyl groups excluding tert-OH is 1. The molecule has 0 fully saturated rings. The zero-order chi connectivity index (χ0) is 12.3. The molecule has 0 spiro atoms. The van der Waals surface area contributed by atoms with E-state index < -0.39 is 0 Å². The Morgan fingerprint density at radius 2 is 1.75 bits per heavy atom. The minimum atomic E-state index is -0.364. The SMILES string of the molecule is CC(C)(CO)NCc1cc(Cl)c(O)c(Cl)c1. The van der Waals surface area contributed by atoms with Crippen molar-refractivity contribution >= 4 is 23.2 Å². The van der Waals surface area contributed by atoms with Gasteiger partial charge in [-0.3, -0.25) is 0 Å². The summed E-state index contributed by atoms with van der Waals surface area (Å²) >= 11 is 11.6. The van der Waals surface area contributed by atoms with Crippen molar-refractivity contribution in [3.05, 3.63) is 27.7 Å². The van der Waals surface area contributed by atoms with Gasteiger partial charge in [0.1, 0.15) is 0 Å². The first-order valence-electron chi connectivity index (χ1n) is 4.88. The van der Waals surface area contributed by atoms with Gasteiger partial charge in [-0.2, -0.15) is 0 Å². The first-order valence-corrected chi connectivity index (χ1v) is 5.64. The lowest BCUT2D eigenvalue weighted by molar-refractivity contribution is 0.187. The highest BCUT2D eigenvalue weighted by Gasteiger charge is 2.15. The third-order valence-corrected chi connectivity index (χ3v) is 2.82. The maximum atomic E-state index is 9.38. The maximum Gasteiger partial charge on any atom is 0.152 e. The Hall–Kier alpha value is -0.480. The summed E-state index contributed by atoms with van der Waals surface area (Å²) < 4.78 is 0. The second-order valence-corrected chi connectivity index (χ2v) is 5.12. The van der Waals surface area contributed by atoms with E-state index in [9.17, 15) is 5.11 Å². The molecule has 1 aromatic carbocycles. The number of phenolic OH excluding ortho intramolecular Hbond substituents is 1. The maximum absolute atomic E-state index is 9.38. The molecule has 0 radical (unpaired) electrons. The van der Waals surface area contributed by atoms with E-state index in [4.69, 9.17) is 28.3 Å². The molecule has 1 rings (SSSR count). The van der Waals surface area contributed by atoms with E-state index in [1.807, 2.05) is 13.8 Å². The van der Waals surface area contributed by atoms with Gasteiger partial charge in [0.15, 0.2) is 5.75 Å². The Morgan fingerprint density at radius 1 is 1.25 bits per heavy atom. The van der Waals surface area contributed by atoms with Gasteiger partial charge in [0.2, 0.25) is 0 Å². The van der Waals surface area contributed by atoms with Crippen molar-refractivity contribution in [1.29, 1.82) is 0 Å². The third kappa shape index (κ3) is 3.52. The molecular weight excluding hydrogens is 249 g/mol. The van der Waals surface area contributed by atoms with Gasteiger partial charge >= 0.3 is 0 Å². The van der Waals surface area contributed by atoms with Crippen LogP contribution in [0.2, 0.25) is 10.0 Å². The molecule has 0 aliphatic carbocycles. The molecule has 3 N–H and O–H groups in total. The summed E-state index contributed by atoms with van der Waals surface area (Å²) in [5.74, 6) is -0.103.